The zero-order valence-electron chi connectivity index (χ0n) is 16.3. The van der Waals surface area contributed by atoms with E-state index in [1.807, 2.05) is 66.0 Å². The molecule has 1 aliphatic heterocycles. The fourth-order valence-corrected chi connectivity index (χ4v) is 3.98. The summed E-state index contributed by atoms with van der Waals surface area (Å²) in [7, 11) is 0. The summed E-state index contributed by atoms with van der Waals surface area (Å²) < 4.78 is 7.26. The van der Waals surface area contributed by atoms with Gasteiger partial charge in [0.1, 0.15) is 5.75 Å². The van der Waals surface area contributed by atoms with Gasteiger partial charge in [0.05, 0.1) is 29.5 Å². The maximum absolute atomic E-state index is 11.7. The van der Waals surface area contributed by atoms with Crippen molar-refractivity contribution in [1.29, 1.82) is 0 Å². The lowest BCUT2D eigenvalue weighted by molar-refractivity contribution is -0.118. The molecule has 1 amide bonds. The van der Waals surface area contributed by atoms with Gasteiger partial charge in [-0.05, 0) is 35.9 Å². The van der Waals surface area contributed by atoms with E-state index in [1.165, 1.54) is 11.3 Å². The summed E-state index contributed by atoms with van der Waals surface area (Å²) in [5.74, 6) is 0.482. The second kappa shape index (κ2) is 8.37. The minimum Gasteiger partial charge on any atom is -0.482 e. The van der Waals surface area contributed by atoms with E-state index < -0.39 is 0 Å². The van der Waals surface area contributed by atoms with Crippen molar-refractivity contribution >= 4 is 34.8 Å². The van der Waals surface area contributed by atoms with Crippen molar-refractivity contribution < 1.29 is 9.53 Å². The largest absolute Gasteiger partial charge is 0.482 e. The van der Waals surface area contributed by atoms with Crippen LogP contribution in [0.25, 0.3) is 11.3 Å². The SMILES string of the molecule is O=C1COc2ccc(-c3csc(=Nc4cccnc4)n3N=Cc3ccccc3)cc2N1. The molecule has 152 valence electrons. The second-order valence-electron chi connectivity index (χ2n) is 6.74. The molecule has 1 N–H and O–H groups in total. The molecule has 0 fully saturated rings. The van der Waals surface area contributed by atoms with Gasteiger partial charge < -0.3 is 10.1 Å². The third kappa shape index (κ3) is 4.15. The van der Waals surface area contributed by atoms with E-state index in [1.54, 1.807) is 23.3 Å². The lowest BCUT2D eigenvalue weighted by atomic mass is 10.1. The number of fused-ring (bicyclic) bond motifs is 1. The average molecular weight is 427 g/mol. The Morgan fingerprint density at radius 3 is 2.87 bits per heavy atom. The van der Waals surface area contributed by atoms with Crippen LogP contribution in [0.4, 0.5) is 11.4 Å². The van der Waals surface area contributed by atoms with Crippen molar-refractivity contribution in [3.63, 3.8) is 0 Å². The molecule has 1 aliphatic rings. The summed E-state index contributed by atoms with van der Waals surface area (Å²) in [5, 5.41) is 9.55. The fourth-order valence-electron chi connectivity index (χ4n) is 3.12. The molecule has 7 nitrogen and oxygen atoms in total. The van der Waals surface area contributed by atoms with Crippen molar-refractivity contribution in [3.05, 3.63) is 88.8 Å². The average Bonchev–Trinajstić information content (AvgIpc) is 3.21. The van der Waals surface area contributed by atoms with E-state index in [0.717, 1.165) is 22.5 Å². The molecule has 0 bridgehead atoms. The Morgan fingerprint density at radius 2 is 2.03 bits per heavy atom. The first kappa shape index (κ1) is 19.0. The number of nitrogens with one attached hydrogen (secondary N) is 1. The van der Waals surface area contributed by atoms with Crippen molar-refractivity contribution in [2.45, 2.75) is 0 Å². The van der Waals surface area contributed by atoms with E-state index in [0.29, 0.717) is 16.2 Å². The van der Waals surface area contributed by atoms with Crippen LogP contribution in [-0.2, 0) is 4.79 Å². The molecular formula is C23H17N5O2S. The summed E-state index contributed by atoms with van der Waals surface area (Å²) in [6.07, 6.45) is 5.21. The first-order valence-corrected chi connectivity index (χ1v) is 10.5. The minimum atomic E-state index is -0.169. The van der Waals surface area contributed by atoms with E-state index in [4.69, 9.17) is 14.8 Å². The number of hydrogen-bond acceptors (Lipinski definition) is 6. The van der Waals surface area contributed by atoms with Crippen molar-refractivity contribution in [1.82, 2.24) is 9.66 Å². The van der Waals surface area contributed by atoms with Crippen molar-refractivity contribution in [2.75, 3.05) is 11.9 Å². The summed E-state index contributed by atoms with van der Waals surface area (Å²) in [6.45, 7) is 0.0281. The molecule has 31 heavy (non-hydrogen) atoms. The number of ether oxygens (including phenoxy) is 1. The number of hydrogen-bond donors (Lipinski definition) is 1. The zero-order valence-corrected chi connectivity index (χ0v) is 17.1. The highest BCUT2D eigenvalue weighted by Crippen LogP contribution is 2.33. The molecule has 8 heteroatoms. The van der Waals surface area contributed by atoms with Crippen LogP contribution in [0.1, 0.15) is 5.56 Å². The molecule has 2 aromatic carbocycles. The lowest BCUT2D eigenvalue weighted by Gasteiger charge is -2.18. The summed E-state index contributed by atoms with van der Waals surface area (Å²) in [6, 6.07) is 19.3. The Balaban J connectivity index is 1.62. The minimum absolute atomic E-state index is 0.0281. The zero-order chi connectivity index (χ0) is 21.0. The number of benzene rings is 2. The molecule has 0 spiro atoms. The summed E-state index contributed by atoms with van der Waals surface area (Å²) >= 11 is 1.48. The predicted molar refractivity (Wildman–Crippen MR) is 121 cm³/mol. The van der Waals surface area contributed by atoms with Gasteiger partial charge in [0.2, 0.25) is 4.80 Å². The number of thiazole rings is 1. The Kier molecular flexibility index (Phi) is 5.12. The van der Waals surface area contributed by atoms with Crippen molar-refractivity contribution in [2.24, 2.45) is 10.1 Å². The monoisotopic (exact) mass is 427 g/mol. The number of carbonyl (C=O) groups excluding carboxylic acids is 1. The number of anilines is 1. The standard InChI is InChI=1S/C23H17N5O2S/c29-22-14-30-21-9-8-17(11-19(21)27-22)20-15-31-23(26-18-7-4-10-24-13-18)28(20)25-12-16-5-2-1-3-6-16/h1-13,15H,14H2,(H,27,29). The number of nitrogens with zero attached hydrogens (tertiary/aromatic N) is 4. The van der Waals surface area contributed by atoms with Crippen molar-refractivity contribution in [3.8, 4) is 17.0 Å². The van der Waals surface area contributed by atoms with E-state index in [2.05, 4.69) is 10.3 Å². The van der Waals surface area contributed by atoms with Gasteiger partial charge in [-0.1, -0.05) is 30.3 Å². The molecule has 5 rings (SSSR count). The lowest BCUT2D eigenvalue weighted by Crippen LogP contribution is -2.25. The molecule has 0 unspecified atom stereocenters. The van der Waals surface area contributed by atoms with E-state index in [9.17, 15) is 4.79 Å². The third-order valence-corrected chi connectivity index (χ3v) is 5.40. The second-order valence-corrected chi connectivity index (χ2v) is 7.58. The number of rotatable bonds is 4. The molecule has 4 aromatic rings. The molecule has 0 aliphatic carbocycles. The number of carbonyl (C=O) groups is 1. The maximum atomic E-state index is 11.7. The van der Waals surface area contributed by atoms with Crippen LogP contribution < -0.4 is 14.9 Å². The van der Waals surface area contributed by atoms with Gasteiger partial charge in [0.15, 0.2) is 6.61 Å². The number of pyridine rings is 1. The highest BCUT2D eigenvalue weighted by Gasteiger charge is 2.17. The predicted octanol–water partition coefficient (Wildman–Crippen LogP) is 4.06. The van der Waals surface area contributed by atoms with Crippen LogP contribution in [0.3, 0.4) is 0 Å². The van der Waals surface area contributed by atoms with Crippen LogP contribution >= 0.6 is 11.3 Å². The van der Waals surface area contributed by atoms with Crippen LogP contribution in [0.5, 0.6) is 5.75 Å². The normalized spacial score (nSPS) is 13.7. The Hall–Kier alpha value is -4.04. The van der Waals surface area contributed by atoms with Gasteiger partial charge in [-0.25, -0.2) is 9.67 Å². The third-order valence-electron chi connectivity index (χ3n) is 4.59. The quantitative estimate of drug-likeness (QED) is 0.499. The smallest absolute Gasteiger partial charge is 0.262 e. The Bertz CT molecular complexity index is 1330. The summed E-state index contributed by atoms with van der Waals surface area (Å²) in [4.78, 5) is 21.3. The van der Waals surface area contributed by atoms with Gasteiger partial charge in [-0.2, -0.15) is 5.10 Å². The topological polar surface area (TPSA) is 80.9 Å². The van der Waals surface area contributed by atoms with Gasteiger partial charge in [0, 0.05) is 17.1 Å². The number of amides is 1. The van der Waals surface area contributed by atoms with Gasteiger partial charge in [0.25, 0.3) is 5.91 Å². The molecule has 3 heterocycles. The highest BCUT2D eigenvalue weighted by atomic mass is 32.1. The molecule has 0 saturated heterocycles. The van der Waals surface area contributed by atoms with E-state index in [-0.39, 0.29) is 12.5 Å². The molecule has 0 atom stereocenters. The van der Waals surface area contributed by atoms with Gasteiger partial charge >= 0.3 is 0 Å². The Labute approximate surface area is 182 Å². The molecular weight excluding hydrogens is 410 g/mol. The first-order valence-electron chi connectivity index (χ1n) is 9.58. The highest BCUT2D eigenvalue weighted by molar-refractivity contribution is 7.07. The first-order chi connectivity index (χ1) is 15.3. The van der Waals surface area contributed by atoms with E-state index >= 15 is 0 Å². The fraction of sp³-hybridized carbons (Fsp3) is 0.0435. The van der Waals surface area contributed by atoms with Crippen LogP contribution in [0.15, 0.2) is 88.5 Å². The van der Waals surface area contributed by atoms with Gasteiger partial charge in [-0.3, -0.25) is 9.78 Å². The number of aromatic nitrogens is 2. The molecule has 2 aromatic heterocycles. The molecule has 0 saturated carbocycles. The van der Waals surface area contributed by atoms with Crippen LogP contribution in [0, 0.1) is 0 Å². The molecule has 0 radical (unpaired) electrons. The Morgan fingerprint density at radius 1 is 1.13 bits per heavy atom. The van der Waals surface area contributed by atoms with Crippen LogP contribution in [-0.4, -0.2) is 28.4 Å². The summed E-state index contributed by atoms with van der Waals surface area (Å²) in [5.41, 5.74) is 4.10. The van der Waals surface area contributed by atoms with Crippen LogP contribution in [0.2, 0.25) is 0 Å². The van der Waals surface area contributed by atoms with Gasteiger partial charge in [-0.15, -0.1) is 11.3 Å². The maximum Gasteiger partial charge on any atom is 0.262 e.